The van der Waals surface area contributed by atoms with Gasteiger partial charge in [0.25, 0.3) is 0 Å². The molecule has 0 amide bonds. The molecule has 0 aromatic carbocycles. The van der Waals surface area contributed by atoms with Crippen LogP contribution in [0.5, 0.6) is 0 Å². The molecule has 338 valence electrons. The largest absolute Gasteiger partial charge is 0.382 e. The molecule has 0 aromatic rings. The fraction of sp³-hybridized carbons (Fsp3) is 1.00. The lowest BCUT2D eigenvalue weighted by Crippen LogP contribution is -2.15. The monoisotopic (exact) mass is 823 g/mol. The van der Waals surface area contributed by atoms with Crippen LogP contribution in [0.4, 0.5) is 0 Å². The van der Waals surface area contributed by atoms with Crippen LogP contribution in [0.2, 0.25) is 0 Å². The van der Waals surface area contributed by atoms with Gasteiger partial charge in [-0.05, 0) is 12.8 Å². The van der Waals surface area contributed by atoms with E-state index in [2.05, 4.69) is 0 Å². The highest BCUT2D eigenvalue weighted by Gasteiger charge is 1.98. The van der Waals surface area contributed by atoms with E-state index in [1.54, 1.807) is 14.2 Å². The van der Waals surface area contributed by atoms with Gasteiger partial charge in [0.2, 0.25) is 0 Å². The molecule has 0 fully saturated rings. The molecule has 0 bridgehead atoms. The summed E-state index contributed by atoms with van der Waals surface area (Å²) < 4.78 is 97.3. The Morgan fingerprint density at radius 2 is 0.250 bits per heavy atom. The molecule has 0 aliphatic carbocycles. The molecule has 0 spiro atoms. The van der Waals surface area contributed by atoms with Crippen molar-refractivity contribution in [2.75, 3.05) is 239 Å². The minimum atomic E-state index is 0.515. The van der Waals surface area contributed by atoms with Crippen molar-refractivity contribution < 1.29 is 85.3 Å². The van der Waals surface area contributed by atoms with E-state index in [1.807, 2.05) is 0 Å². The van der Waals surface area contributed by atoms with Gasteiger partial charge < -0.3 is 85.3 Å². The minimum Gasteiger partial charge on any atom is -0.382 e. The summed E-state index contributed by atoms with van der Waals surface area (Å²) in [6, 6.07) is 0. The lowest BCUT2D eigenvalue weighted by molar-refractivity contribution is -0.0250. The second kappa shape index (κ2) is 54.3. The van der Waals surface area contributed by atoms with E-state index in [0.717, 1.165) is 12.8 Å². The van der Waals surface area contributed by atoms with E-state index in [1.165, 1.54) is 0 Å². The highest BCUT2D eigenvalue weighted by atomic mass is 16.6. The van der Waals surface area contributed by atoms with Crippen LogP contribution in [-0.2, 0) is 85.3 Å². The first-order chi connectivity index (χ1) is 27.9. The van der Waals surface area contributed by atoms with Gasteiger partial charge in [0.05, 0.1) is 211 Å². The summed E-state index contributed by atoms with van der Waals surface area (Å²) in [5.74, 6) is 0. The molecule has 0 unspecified atom stereocenters. The normalized spacial score (nSPS) is 11.7. The zero-order valence-electron chi connectivity index (χ0n) is 34.8. The molecule has 0 rings (SSSR count). The first-order valence-electron chi connectivity index (χ1n) is 20.1. The van der Waals surface area contributed by atoms with Crippen LogP contribution < -0.4 is 0 Å². The molecular weight excluding hydrogens is 744 g/mol. The van der Waals surface area contributed by atoms with Crippen molar-refractivity contribution in [2.45, 2.75) is 12.8 Å². The van der Waals surface area contributed by atoms with Gasteiger partial charge in [-0.1, -0.05) is 0 Å². The van der Waals surface area contributed by atoms with Crippen LogP contribution in [0.15, 0.2) is 0 Å². The van der Waals surface area contributed by atoms with Crippen LogP contribution in [0.3, 0.4) is 0 Å². The summed E-state index contributed by atoms with van der Waals surface area (Å²) in [5, 5.41) is 0. The van der Waals surface area contributed by atoms with Crippen LogP contribution >= 0.6 is 0 Å². The Labute approximate surface area is 336 Å². The molecule has 0 radical (unpaired) electrons. The number of unbranched alkanes of at least 4 members (excludes halogenated alkanes) is 1. The van der Waals surface area contributed by atoms with Crippen LogP contribution in [0.1, 0.15) is 12.8 Å². The van der Waals surface area contributed by atoms with Gasteiger partial charge in [0, 0.05) is 27.4 Å². The average molecular weight is 823 g/mol. The third kappa shape index (κ3) is 53.3. The van der Waals surface area contributed by atoms with E-state index < -0.39 is 0 Å². The Bertz CT molecular complexity index is 618. The van der Waals surface area contributed by atoms with Crippen molar-refractivity contribution in [1.82, 2.24) is 0 Å². The Morgan fingerprint density at radius 3 is 0.375 bits per heavy atom. The van der Waals surface area contributed by atoms with Gasteiger partial charge in [-0.25, -0.2) is 0 Å². The zero-order valence-corrected chi connectivity index (χ0v) is 34.8. The van der Waals surface area contributed by atoms with Gasteiger partial charge in [0.15, 0.2) is 0 Å². The molecule has 0 saturated carbocycles. The third-order valence-corrected chi connectivity index (χ3v) is 6.90. The predicted molar refractivity (Wildman–Crippen MR) is 206 cm³/mol. The maximum atomic E-state index is 5.60. The number of rotatable bonds is 53. The maximum absolute atomic E-state index is 5.60. The second-order valence-electron chi connectivity index (χ2n) is 11.5. The second-order valence-corrected chi connectivity index (χ2v) is 11.5. The Balaban J connectivity index is 3.05. The Kier molecular flexibility index (Phi) is 53.6. The lowest BCUT2D eigenvalue weighted by Gasteiger charge is -2.09. The van der Waals surface area contributed by atoms with Crippen molar-refractivity contribution >= 4 is 0 Å². The maximum Gasteiger partial charge on any atom is 0.0701 e. The molecule has 0 aliphatic heterocycles. The highest BCUT2D eigenvalue weighted by molar-refractivity contribution is 4.42. The van der Waals surface area contributed by atoms with E-state index in [4.69, 9.17) is 85.3 Å². The molecular formula is C38H78O18. The van der Waals surface area contributed by atoms with Crippen LogP contribution in [-0.4, -0.2) is 239 Å². The van der Waals surface area contributed by atoms with Gasteiger partial charge in [-0.2, -0.15) is 0 Å². The first kappa shape index (κ1) is 55.3. The lowest BCUT2D eigenvalue weighted by atomic mass is 10.3. The number of ether oxygens (including phenoxy) is 18. The topological polar surface area (TPSA) is 166 Å². The summed E-state index contributed by atoms with van der Waals surface area (Å²) in [6.45, 7) is 18.5. The summed E-state index contributed by atoms with van der Waals surface area (Å²) in [6.07, 6.45) is 1.87. The average Bonchev–Trinajstić information content (AvgIpc) is 3.21. The smallest absolute Gasteiger partial charge is 0.0701 e. The Morgan fingerprint density at radius 1 is 0.143 bits per heavy atom. The first-order valence-corrected chi connectivity index (χ1v) is 20.1. The summed E-state index contributed by atoms with van der Waals surface area (Å²) >= 11 is 0. The SMILES string of the molecule is COCCOCCOCCOCCOCCOCCOCCOCCOCCCCOCCOCCOCCOCCOCCOCCOCCOCCOC. The standard InChI is InChI=1S/C38H78O18/c1-39-7-9-43-15-17-47-23-25-51-31-33-55-37-35-53-29-27-49-21-19-45-13-11-41-5-3-4-6-42-12-14-46-20-22-50-28-30-54-36-38-56-34-32-52-26-24-48-18-16-44-10-8-40-2/h3-38H2,1-2H3. The number of hydrogen-bond acceptors (Lipinski definition) is 18. The van der Waals surface area contributed by atoms with E-state index in [9.17, 15) is 0 Å². The van der Waals surface area contributed by atoms with Crippen molar-refractivity contribution in [1.29, 1.82) is 0 Å². The van der Waals surface area contributed by atoms with Crippen LogP contribution in [0.25, 0.3) is 0 Å². The molecule has 0 aliphatic rings. The molecule has 0 aromatic heterocycles. The van der Waals surface area contributed by atoms with Gasteiger partial charge in [-0.15, -0.1) is 0 Å². The molecule has 0 heterocycles. The molecule has 18 nitrogen and oxygen atoms in total. The third-order valence-electron chi connectivity index (χ3n) is 6.90. The summed E-state index contributed by atoms with van der Waals surface area (Å²) in [5.41, 5.74) is 0. The van der Waals surface area contributed by atoms with Crippen molar-refractivity contribution in [3.8, 4) is 0 Å². The minimum absolute atomic E-state index is 0.515. The van der Waals surface area contributed by atoms with Gasteiger partial charge in [0.1, 0.15) is 0 Å². The fourth-order valence-electron chi connectivity index (χ4n) is 3.98. The van der Waals surface area contributed by atoms with Gasteiger partial charge in [-0.3, -0.25) is 0 Å². The highest BCUT2D eigenvalue weighted by Crippen LogP contribution is 1.93. The molecule has 0 N–H and O–H groups in total. The van der Waals surface area contributed by atoms with Crippen molar-refractivity contribution in [3.63, 3.8) is 0 Å². The number of hydrogen-bond donors (Lipinski definition) is 0. The van der Waals surface area contributed by atoms with Crippen LogP contribution in [0, 0.1) is 0 Å². The van der Waals surface area contributed by atoms with E-state index in [0.29, 0.717) is 225 Å². The molecule has 0 atom stereocenters. The molecule has 18 heteroatoms. The van der Waals surface area contributed by atoms with E-state index >= 15 is 0 Å². The molecule has 0 saturated heterocycles. The summed E-state index contributed by atoms with van der Waals surface area (Å²) in [7, 11) is 3.29. The Hall–Kier alpha value is -0.720. The fourth-order valence-corrected chi connectivity index (χ4v) is 3.98. The van der Waals surface area contributed by atoms with E-state index in [-0.39, 0.29) is 0 Å². The predicted octanol–water partition coefficient (Wildman–Crippen LogP) is 1.33. The molecule has 56 heavy (non-hydrogen) atoms. The van der Waals surface area contributed by atoms with Crippen molar-refractivity contribution in [3.05, 3.63) is 0 Å². The quantitative estimate of drug-likeness (QED) is 0.0806. The number of methoxy groups -OCH3 is 2. The van der Waals surface area contributed by atoms with Crippen molar-refractivity contribution in [2.24, 2.45) is 0 Å². The summed E-state index contributed by atoms with van der Waals surface area (Å²) in [4.78, 5) is 0. The zero-order chi connectivity index (χ0) is 40.2. The van der Waals surface area contributed by atoms with Gasteiger partial charge >= 0.3 is 0 Å².